The Balaban J connectivity index is 1.72. The molecule has 1 aromatic heterocycles. The molecule has 0 spiro atoms. The lowest BCUT2D eigenvalue weighted by atomic mass is 10.1. The number of halogens is 1. The number of carboxylic acid groups (broad SMARTS) is 1. The molecule has 3 rings (SSSR count). The number of benzene rings is 1. The van der Waals surface area contributed by atoms with Crippen molar-refractivity contribution in [3.05, 3.63) is 29.8 Å². The number of carbonyl (C=O) groups is 2. The molecular weight excluding hydrogens is 363 g/mol. The van der Waals surface area contributed by atoms with E-state index in [0.717, 1.165) is 50.2 Å². The number of likely N-dealkylation sites (tertiary alicyclic amines) is 1. The zero-order chi connectivity index (χ0) is 20.3. The highest BCUT2D eigenvalue weighted by Crippen LogP contribution is 2.22. The molecule has 28 heavy (non-hydrogen) atoms. The van der Waals surface area contributed by atoms with E-state index in [4.69, 9.17) is 5.11 Å². The number of carbonyl (C=O) groups excluding carboxylic acids is 1. The van der Waals surface area contributed by atoms with Crippen LogP contribution in [-0.4, -0.2) is 62.0 Å². The van der Waals surface area contributed by atoms with Crippen LogP contribution in [0.5, 0.6) is 0 Å². The number of carboxylic acids is 1. The van der Waals surface area contributed by atoms with Crippen molar-refractivity contribution < 1.29 is 19.1 Å². The second kappa shape index (κ2) is 8.68. The van der Waals surface area contributed by atoms with E-state index in [9.17, 15) is 14.0 Å². The fourth-order valence-electron chi connectivity index (χ4n) is 4.08. The minimum absolute atomic E-state index is 0.0577. The largest absolute Gasteiger partial charge is 0.480 e. The molecule has 152 valence electrons. The normalized spacial score (nSPS) is 18.2. The van der Waals surface area contributed by atoms with Gasteiger partial charge in [-0.1, -0.05) is 0 Å². The van der Waals surface area contributed by atoms with E-state index >= 15 is 0 Å². The summed E-state index contributed by atoms with van der Waals surface area (Å²) in [5.41, 5.74) is 1.59. The van der Waals surface area contributed by atoms with Crippen molar-refractivity contribution in [1.82, 2.24) is 19.4 Å². The van der Waals surface area contributed by atoms with Gasteiger partial charge < -0.3 is 14.6 Å². The Morgan fingerprint density at radius 2 is 2.11 bits per heavy atom. The van der Waals surface area contributed by atoms with Crippen LogP contribution in [0.15, 0.2) is 18.2 Å². The molecule has 2 heterocycles. The Kier molecular flexibility index (Phi) is 6.28. The molecule has 1 aliphatic rings. The molecule has 2 aromatic rings. The third-order valence-electron chi connectivity index (χ3n) is 5.41. The van der Waals surface area contributed by atoms with Crippen LogP contribution in [0, 0.1) is 5.82 Å². The van der Waals surface area contributed by atoms with E-state index in [1.807, 2.05) is 6.92 Å². The maximum absolute atomic E-state index is 13.5. The molecule has 0 aliphatic carbocycles. The number of aromatic nitrogens is 2. The predicted molar refractivity (Wildman–Crippen MR) is 103 cm³/mol. The van der Waals surface area contributed by atoms with Gasteiger partial charge in [-0.25, -0.2) is 9.37 Å². The van der Waals surface area contributed by atoms with Crippen LogP contribution in [0.2, 0.25) is 0 Å². The molecule has 1 aliphatic heterocycles. The minimum atomic E-state index is -0.986. The van der Waals surface area contributed by atoms with E-state index in [0.29, 0.717) is 12.1 Å². The van der Waals surface area contributed by atoms with E-state index in [1.165, 1.54) is 24.0 Å². The van der Waals surface area contributed by atoms with Gasteiger partial charge in [0.2, 0.25) is 5.91 Å². The average Bonchev–Trinajstić information content (AvgIpc) is 2.80. The van der Waals surface area contributed by atoms with Gasteiger partial charge in [0.15, 0.2) is 0 Å². The van der Waals surface area contributed by atoms with Gasteiger partial charge in [-0.05, 0) is 44.9 Å². The van der Waals surface area contributed by atoms with Crippen LogP contribution in [0.3, 0.4) is 0 Å². The number of rotatable bonds is 6. The highest BCUT2D eigenvalue weighted by molar-refractivity contribution is 5.80. The van der Waals surface area contributed by atoms with Gasteiger partial charge in [-0.3, -0.25) is 14.5 Å². The van der Waals surface area contributed by atoms with Crippen molar-refractivity contribution in [3.63, 3.8) is 0 Å². The van der Waals surface area contributed by atoms with Crippen LogP contribution in [0.1, 0.15) is 38.9 Å². The first-order valence-corrected chi connectivity index (χ1v) is 9.75. The molecule has 1 atom stereocenters. The second-order valence-electron chi connectivity index (χ2n) is 7.31. The first kappa shape index (κ1) is 20.3. The van der Waals surface area contributed by atoms with Gasteiger partial charge in [-0.15, -0.1) is 0 Å². The summed E-state index contributed by atoms with van der Waals surface area (Å²) in [6.45, 7) is 6.24. The summed E-state index contributed by atoms with van der Waals surface area (Å²) >= 11 is 0. The van der Waals surface area contributed by atoms with E-state index < -0.39 is 5.97 Å². The lowest BCUT2D eigenvalue weighted by molar-refractivity contribution is -0.145. The summed E-state index contributed by atoms with van der Waals surface area (Å²) in [6, 6.07) is 4.62. The molecule has 7 nitrogen and oxygen atoms in total. The quantitative estimate of drug-likeness (QED) is 0.820. The lowest BCUT2D eigenvalue weighted by Gasteiger charge is -2.29. The van der Waals surface area contributed by atoms with Crippen molar-refractivity contribution in [1.29, 1.82) is 0 Å². The fourth-order valence-corrected chi connectivity index (χ4v) is 4.08. The van der Waals surface area contributed by atoms with Gasteiger partial charge in [0.25, 0.3) is 0 Å². The molecule has 1 saturated heterocycles. The molecule has 1 fully saturated rings. The highest BCUT2D eigenvalue weighted by Gasteiger charge is 2.26. The minimum Gasteiger partial charge on any atom is -0.480 e. The van der Waals surface area contributed by atoms with Crippen molar-refractivity contribution in [2.75, 3.05) is 19.6 Å². The van der Waals surface area contributed by atoms with Gasteiger partial charge in [-0.2, -0.15) is 0 Å². The maximum atomic E-state index is 13.5. The Morgan fingerprint density at radius 1 is 1.32 bits per heavy atom. The van der Waals surface area contributed by atoms with E-state index in [-0.39, 0.29) is 24.3 Å². The van der Waals surface area contributed by atoms with Crippen LogP contribution in [-0.2, 0) is 22.7 Å². The maximum Gasteiger partial charge on any atom is 0.323 e. The van der Waals surface area contributed by atoms with Gasteiger partial charge in [0.05, 0.1) is 17.6 Å². The lowest BCUT2D eigenvalue weighted by Crippen LogP contribution is -2.42. The first-order valence-electron chi connectivity index (χ1n) is 9.75. The standard InChI is InChI=1S/C20H27FN4O3/c1-3-24-18-7-6-15(21)11-17(18)22-19(24)12-23-9-4-5-16(8-10-23)25(14(2)26)13-20(27)28/h6-7,11,16H,3-5,8-10,12-13H2,1-2H3,(H,27,28). The van der Waals surface area contributed by atoms with Gasteiger partial charge >= 0.3 is 5.97 Å². The molecule has 1 amide bonds. The monoisotopic (exact) mass is 390 g/mol. The Bertz CT molecular complexity index is 866. The Labute approximate surface area is 163 Å². The van der Waals surface area contributed by atoms with E-state index in [2.05, 4.69) is 14.5 Å². The highest BCUT2D eigenvalue weighted by atomic mass is 19.1. The van der Waals surface area contributed by atoms with Crippen molar-refractivity contribution in [2.45, 2.75) is 52.2 Å². The van der Waals surface area contributed by atoms with Gasteiger partial charge in [0.1, 0.15) is 18.2 Å². The molecule has 8 heteroatoms. The zero-order valence-electron chi connectivity index (χ0n) is 16.4. The summed E-state index contributed by atoms with van der Waals surface area (Å²) < 4.78 is 15.6. The molecule has 0 saturated carbocycles. The van der Waals surface area contributed by atoms with Crippen molar-refractivity contribution in [3.8, 4) is 0 Å². The number of hydrogen-bond acceptors (Lipinski definition) is 4. The Hall–Kier alpha value is -2.48. The van der Waals surface area contributed by atoms with Crippen LogP contribution in [0.4, 0.5) is 4.39 Å². The molecule has 1 N–H and O–H groups in total. The molecule has 0 bridgehead atoms. The summed E-state index contributed by atoms with van der Waals surface area (Å²) in [4.78, 5) is 31.3. The summed E-state index contributed by atoms with van der Waals surface area (Å²) in [5, 5.41) is 9.08. The van der Waals surface area contributed by atoms with Crippen molar-refractivity contribution >= 4 is 22.9 Å². The van der Waals surface area contributed by atoms with Crippen LogP contribution < -0.4 is 0 Å². The number of aryl methyl sites for hydroxylation is 1. The smallest absolute Gasteiger partial charge is 0.323 e. The summed E-state index contributed by atoms with van der Waals surface area (Å²) in [7, 11) is 0. The Morgan fingerprint density at radius 3 is 2.79 bits per heavy atom. The summed E-state index contributed by atoms with van der Waals surface area (Å²) in [6.07, 6.45) is 2.40. The van der Waals surface area contributed by atoms with Crippen LogP contribution >= 0.6 is 0 Å². The van der Waals surface area contributed by atoms with Gasteiger partial charge in [0, 0.05) is 32.1 Å². The number of nitrogens with zero attached hydrogens (tertiary/aromatic N) is 4. The molecule has 1 unspecified atom stereocenters. The fraction of sp³-hybridized carbons (Fsp3) is 0.550. The third kappa shape index (κ3) is 4.49. The average molecular weight is 390 g/mol. The molecule has 0 radical (unpaired) electrons. The number of fused-ring (bicyclic) bond motifs is 1. The van der Waals surface area contributed by atoms with Crippen LogP contribution in [0.25, 0.3) is 11.0 Å². The second-order valence-corrected chi connectivity index (χ2v) is 7.31. The molecular formula is C20H27FN4O3. The zero-order valence-corrected chi connectivity index (χ0v) is 16.4. The SMILES string of the molecule is CCn1c(CN2CCCC(N(CC(=O)O)C(C)=O)CC2)nc2cc(F)ccc21. The van der Waals surface area contributed by atoms with Crippen molar-refractivity contribution in [2.24, 2.45) is 0 Å². The first-order chi connectivity index (χ1) is 13.4. The predicted octanol–water partition coefficient (Wildman–Crippen LogP) is 2.48. The third-order valence-corrected chi connectivity index (χ3v) is 5.41. The number of aliphatic carboxylic acids is 1. The number of imidazole rings is 1. The number of amides is 1. The topological polar surface area (TPSA) is 78.7 Å². The number of hydrogen-bond donors (Lipinski definition) is 1. The summed E-state index contributed by atoms with van der Waals surface area (Å²) in [5.74, 6) is -0.577. The van der Waals surface area contributed by atoms with E-state index in [1.54, 1.807) is 6.07 Å². The molecule has 1 aromatic carbocycles.